The fraction of sp³-hybridized carbons (Fsp3) is 0.0556. The number of carbonyl (C=O) groups excluding carboxylic acids is 1. The number of hydrogen-bond acceptors (Lipinski definition) is 5. The summed E-state index contributed by atoms with van der Waals surface area (Å²) in [5.74, 6) is -0.754. The van der Waals surface area contributed by atoms with Crippen molar-refractivity contribution in [2.75, 3.05) is 0 Å². The number of azo groups is 1. The number of amides is 1. The number of fused-ring (bicyclic) bond motifs is 1. The lowest BCUT2D eigenvalue weighted by atomic mass is 10.0. The summed E-state index contributed by atoms with van der Waals surface area (Å²) in [4.78, 5) is 12.0. The maximum Gasteiger partial charge on any atom is 0.295 e. The maximum absolute atomic E-state index is 12.0. The van der Waals surface area contributed by atoms with Crippen LogP contribution in [0.1, 0.15) is 15.9 Å². The summed E-state index contributed by atoms with van der Waals surface area (Å²) in [6, 6.07) is 12.4. The van der Waals surface area contributed by atoms with Gasteiger partial charge in [0.25, 0.3) is 5.91 Å². The zero-order valence-corrected chi connectivity index (χ0v) is 12.8. The summed E-state index contributed by atoms with van der Waals surface area (Å²) in [5.41, 5.74) is 0.616. The van der Waals surface area contributed by atoms with Gasteiger partial charge in [-0.2, -0.15) is 0 Å². The molecule has 0 aliphatic rings. The number of rotatable bonds is 2. The molecule has 0 fully saturated rings. The molecule has 6 nitrogen and oxygen atoms in total. The molecule has 120 valence electrons. The zero-order chi connectivity index (χ0) is 17.3. The smallest absolute Gasteiger partial charge is 0.295 e. The quantitative estimate of drug-likeness (QED) is 0.486. The van der Waals surface area contributed by atoms with E-state index in [1.54, 1.807) is 31.2 Å². The van der Waals surface area contributed by atoms with Crippen LogP contribution in [0.5, 0.6) is 17.2 Å². The second-order valence-corrected chi connectivity index (χ2v) is 5.27. The van der Waals surface area contributed by atoms with Crippen LogP contribution in [0.2, 0.25) is 0 Å². The summed E-state index contributed by atoms with van der Waals surface area (Å²) >= 11 is 0. The van der Waals surface area contributed by atoms with Gasteiger partial charge in [0.15, 0.2) is 5.75 Å². The van der Waals surface area contributed by atoms with E-state index in [0.717, 1.165) is 0 Å². The van der Waals surface area contributed by atoms with E-state index in [4.69, 9.17) is 0 Å². The highest BCUT2D eigenvalue weighted by Crippen LogP contribution is 2.44. The van der Waals surface area contributed by atoms with Gasteiger partial charge in [0.1, 0.15) is 17.2 Å². The molecular weight excluding hydrogens is 308 g/mol. The Kier molecular flexibility index (Phi) is 3.87. The first kappa shape index (κ1) is 15.5. The molecule has 0 unspecified atom stereocenters. The van der Waals surface area contributed by atoms with Crippen molar-refractivity contribution in [1.82, 2.24) is 0 Å². The largest absolute Gasteiger partial charge is 0.508 e. The van der Waals surface area contributed by atoms with Gasteiger partial charge in [0.05, 0.1) is 0 Å². The van der Waals surface area contributed by atoms with Crippen molar-refractivity contribution in [2.24, 2.45) is 10.2 Å². The molecule has 6 heteroatoms. The Hall–Kier alpha value is -3.41. The normalized spacial score (nSPS) is 11.2. The average molecular weight is 322 g/mol. The van der Waals surface area contributed by atoms with Gasteiger partial charge in [0, 0.05) is 21.9 Å². The van der Waals surface area contributed by atoms with Crippen molar-refractivity contribution in [2.45, 2.75) is 6.92 Å². The van der Waals surface area contributed by atoms with Gasteiger partial charge in [0.2, 0.25) is 0 Å². The third kappa shape index (κ3) is 2.65. The molecule has 0 heterocycles. The van der Waals surface area contributed by atoms with E-state index in [9.17, 15) is 20.1 Å². The van der Waals surface area contributed by atoms with E-state index < -0.39 is 5.91 Å². The average Bonchev–Trinajstić information content (AvgIpc) is 2.60. The summed E-state index contributed by atoms with van der Waals surface area (Å²) in [6.07, 6.45) is 0. The molecule has 0 aliphatic heterocycles. The van der Waals surface area contributed by atoms with Crippen molar-refractivity contribution in [3.63, 3.8) is 0 Å². The van der Waals surface area contributed by atoms with Crippen molar-refractivity contribution < 1.29 is 20.1 Å². The Morgan fingerprint density at radius 3 is 2.08 bits per heavy atom. The highest BCUT2D eigenvalue weighted by molar-refractivity contribution is 5.99. The standard InChI is InChI=1S/C18H14N2O4/c1-10-15(17(23)14-5-3-2-4-13(14)16(10)22)19-20-18(24)11-6-8-12(21)9-7-11/h2-9,21-23H,1H3. The summed E-state index contributed by atoms with van der Waals surface area (Å²) in [6.45, 7) is 1.58. The van der Waals surface area contributed by atoms with Crippen LogP contribution in [0, 0.1) is 6.92 Å². The van der Waals surface area contributed by atoms with Crippen LogP contribution in [0.3, 0.4) is 0 Å². The van der Waals surface area contributed by atoms with Gasteiger partial charge in [-0.3, -0.25) is 4.79 Å². The summed E-state index contributed by atoms with van der Waals surface area (Å²) < 4.78 is 0. The van der Waals surface area contributed by atoms with Crippen LogP contribution in [0.15, 0.2) is 58.8 Å². The Morgan fingerprint density at radius 1 is 0.875 bits per heavy atom. The van der Waals surface area contributed by atoms with Gasteiger partial charge in [-0.1, -0.05) is 24.3 Å². The molecule has 0 bridgehead atoms. The second-order valence-electron chi connectivity index (χ2n) is 5.27. The number of phenolic OH excluding ortho intramolecular Hbond substituents is 3. The summed E-state index contributed by atoms with van der Waals surface area (Å²) in [7, 11) is 0. The molecule has 3 N–H and O–H groups in total. The van der Waals surface area contributed by atoms with Crippen LogP contribution in [0.25, 0.3) is 10.8 Å². The Bertz CT molecular complexity index is 963. The molecule has 3 aromatic rings. The zero-order valence-electron chi connectivity index (χ0n) is 12.8. The molecule has 0 aromatic heterocycles. The second kappa shape index (κ2) is 6.00. The Morgan fingerprint density at radius 2 is 1.46 bits per heavy atom. The van der Waals surface area contributed by atoms with Crippen molar-refractivity contribution in [3.05, 3.63) is 59.7 Å². The predicted molar refractivity (Wildman–Crippen MR) is 89.0 cm³/mol. The molecule has 0 atom stereocenters. The van der Waals surface area contributed by atoms with E-state index in [1.165, 1.54) is 24.3 Å². The predicted octanol–water partition coefficient (Wildman–Crippen LogP) is 4.19. The van der Waals surface area contributed by atoms with Crippen LogP contribution in [0.4, 0.5) is 5.69 Å². The van der Waals surface area contributed by atoms with Crippen LogP contribution < -0.4 is 0 Å². The number of carbonyl (C=O) groups is 1. The van der Waals surface area contributed by atoms with Crippen LogP contribution in [-0.2, 0) is 0 Å². The van der Waals surface area contributed by atoms with Gasteiger partial charge in [-0.15, -0.1) is 10.2 Å². The highest BCUT2D eigenvalue weighted by atomic mass is 16.3. The fourth-order valence-corrected chi connectivity index (χ4v) is 2.39. The SMILES string of the molecule is Cc1c(N=NC(=O)c2ccc(O)cc2)c(O)c2ccccc2c1O. The Balaban J connectivity index is 2.03. The van der Waals surface area contributed by atoms with Crippen molar-refractivity contribution >= 4 is 22.4 Å². The van der Waals surface area contributed by atoms with Crippen LogP contribution in [-0.4, -0.2) is 21.2 Å². The molecule has 0 saturated carbocycles. The number of hydrogen-bond donors (Lipinski definition) is 3. The minimum absolute atomic E-state index is 0.0190. The molecule has 0 radical (unpaired) electrons. The van der Waals surface area contributed by atoms with E-state index in [1.807, 2.05) is 0 Å². The lowest BCUT2D eigenvalue weighted by molar-refractivity contribution is 0.0995. The topological polar surface area (TPSA) is 102 Å². The van der Waals surface area contributed by atoms with Gasteiger partial charge in [-0.25, -0.2) is 0 Å². The van der Waals surface area contributed by atoms with Gasteiger partial charge < -0.3 is 15.3 Å². The minimum Gasteiger partial charge on any atom is -0.508 e. The monoisotopic (exact) mass is 322 g/mol. The van der Waals surface area contributed by atoms with Gasteiger partial charge in [-0.05, 0) is 31.2 Å². The van der Waals surface area contributed by atoms with Crippen LogP contribution >= 0.6 is 0 Å². The first-order valence-corrected chi connectivity index (χ1v) is 7.17. The lowest BCUT2D eigenvalue weighted by Gasteiger charge is -2.10. The minimum atomic E-state index is -0.624. The lowest BCUT2D eigenvalue weighted by Crippen LogP contribution is -1.92. The molecular formula is C18H14N2O4. The first-order valence-electron chi connectivity index (χ1n) is 7.17. The molecule has 0 spiro atoms. The van der Waals surface area contributed by atoms with E-state index >= 15 is 0 Å². The highest BCUT2D eigenvalue weighted by Gasteiger charge is 2.16. The third-order valence-electron chi connectivity index (χ3n) is 3.73. The molecule has 1 amide bonds. The van der Waals surface area contributed by atoms with E-state index in [-0.39, 0.29) is 28.5 Å². The molecule has 0 saturated heterocycles. The maximum atomic E-state index is 12.0. The first-order chi connectivity index (χ1) is 11.5. The van der Waals surface area contributed by atoms with Gasteiger partial charge >= 0.3 is 0 Å². The van der Waals surface area contributed by atoms with Crippen molar-refractivity contribution in [3.8, 4) is 17.2 Å². The molecule has 0 aliphatic carbocycles. The third-order valence-corrected chi connectivity index (χ3v) is 3.73. The molecule has 3 rings (SSSR count). The molecule has 24 heavy (non-hydrogen) atoms. The number of aromatic hydroxyl groups is 3. The number of nitrogens with zero attached hydrogens (tertiary/aromatic N) is 2. The van der Waals surface area contributed by atoms with Crippen molar-refractivity contribution in [1.29, 1.82) is 0 Å². The Labute approximate surface area is 137 Å². The molecule has 3 aromatic carbocycles. The fourth-order valence-electron chi connectivity index (χ4n) is 2.39. The number of phenols is 3. The summed E-state index contributed by atoms with van der Waals surface area (Å²) in [5, 5.41) is 38.2. The van der Waals surface area contributed by atoms with E-state index in [2.05, 4.69) is 10.2 Å². The van der Waals surface area contributed by atoms with E-state index in [0.29, 0.717) is 16.3 Å². The number of benzene rings is 3.